The quantitative estimate of drug-likeness (QED) is 0.641. The van der Waals surface area contributed by atoms with Gasteiger partial charge in [0, 0.05) is 23.4 Å². The molecule has 30 heavy (non-hydrogen) atoms. The maximum absolute atomic E-state index is 9.93. The Kier molecular flexibility index (Phi) is 5.29. The molecule has 1 unspecified atom stereocenters. The second-order valence-corrected chi connectivity index (χ2v) is 7.92. The van der Waals surface area contributed by atoms with Crippen molar-refractivity contribution in [3.05, 3.63) is 58.4 Å². The van der Waals surface area contributed by atoms with E-state index < -0.39 is 0 Å². The summed E-state index contributed by atoms with van der Waals surface area (Å²) < 4.78 is 5.26. The van der Waals surface area contributed by atoms with Gasteiger partial charge in [-0.2, -0.15) is 5.26 Å². The van der Waals surface area contributed by atoms with Crippen LogP contribution in [0.4, 0.5) is 11.6 Å². The highest BCUT2D eigenvalue weighted by molar-refractivity contribution is 6.30. The van der Waals surface area contributed by atoms with Gasteiger partial charge in [-0.05, 0) is 48.2 Å². The van der Waals surface area contributed by atoms with Crippen molar-refractivity contribution in [2.24, 2.45) is 0 Å². The molecule has 4 rings (SSSR count). The maximum atomic E-state index is 9.93. The molecule has 2 heterocycles. The first-order valence-corrected chi connectivity index (χ1v) is 9.83. The minimum absolute atomic E-state index is 0.0342. The highest BCUT2D eigenvalue weighted by Gasteiger charge is 2.35. The van der Waals surface area contributed by atoms with Crippen LogP contribution in [0.15, 0.2) is 36.7 Å². The largest absolute Gasteiger partial charge is 0.480 e. The number of hydrogen-bond acceptors (Lipinski definition) is 7. The average molecular weight is 422 g/mol. The van der Waals surface area contributed by atoms with E-state index in [4.69, 9.17) is 16.3 Å². The van der Waals surface area contributed by atoms with Gasteiger partial charge in [-0.3, -0.25) is 0 Å². The maximum Gasteiger partial charge on any atom is 0.237 e. The van der Waals surface area contributed by atoms with Crippen molar-refractivity contribution < 1.29 is 9.84 Å². The number of ether oxygens (including phenoxy) is 1. The van der Waals surface area contributed by atoms with Gasteiger partial charge in [-0.15, -0.1) is 0 Å². The average Bonchev–Trinajstić information content (AvgIpc) is 3.11. The molecule has 152 valence electrons. The molecule has 0 aliphatic heterocycles. The lowest BCUT2D eigenvalue weighted by atomic mass is 9.83. The summed E-state index contributed by atoms with van der Waals surface area (Å²) in [6.45, 7) is 2.06. The molecule has 0 spiro atoms. The van der Waals surface area contributed by atoms with Crippen LogP contribution < -0.4 is 10.1 Å². The van der Waals surface area contributed by atoms with Crippen molar-refractivity contribution in [3.8, 4) is 23.2 Å². The molecule has 1 atom stereocenters. The molecule has 8 heteroatoms. The number of nitriles is 1. The van der Waals surface area contributed by atoms with Gasteiger partial charge in [-0.25, -0.2) is 15.0 Å². The number of aromatic nitrogens is 3. The summed E-state index contributed by atoms with van der Waals surface area (Å²) in [4.78, 5) is 13.0. The van der Waals surface area contributed by atoms with Crippen LogP contribution in [-0.2, 0) is 11.8 Å². The first-order chi connectivity index (χ1) is 14.5. The standard InChI is InChI=1S/C22H20ClN5O2/c1-22(12-29)5-3-16-14(10-24)7-13(8-17(16)22)18-4-6-25-21(27-18)28-19-9-15(23)11-26-20(19)30-2/h4,6-9,11,29H,3,5,12H2,1-2H3,(H,25,27,28). The number of anilines is 2. The van der Waals surface area contributed by atoms with E-state index in [-0.39, 0.29) is 12.0 Å². The minimum atomic E-state index is -0.356. The summed E-state index contributed by atoms with van der Waals surface area (Å²) in [7, 11) is 1.52. The summed E-state index contributed by atoms with van der Waals surface area (Å²) in [5.41, 5.74) is 4.29. The fourth-order valence-electron chi connectivity index (χ4n) is 3.81. The Balaban J connectivity index is 1.75. The van der Waals surface area contributed by atoms with Crippen LogP contribution in [0.3, 0.4) is 0 Å². The van der Waals surface area contributed by atoms with E-state index in [2.05, 4.69) is 26.3 Å². The third kappa shape index (κ3) is 3.56. The van der Waals surface area contributed by atoms with E-state index in [9.17, 15) is 10.4 Å². The third-order valence-electron chi connectivity index (χ3n) is 5.51. The Morgan fingerprint density at radius 2 is 2.17 bits per heavy atom. The number of benzene rings is 1. The van der Waals surface area contributed by atoms with E-state index in [0.29, 0.717) is 33.8 Å². The van der Waals surface area contributed by atoms with E-state index >= 15 is 0 Å². The van der Waals surface area contributed by atoms with Crippen LogP contribution in [0.5, 0.6) is 5.88 Å². The van der Waals surface area contributed by atoms with Gasteiger partial charge in [0.25, 0.3) is 0 Å². The molecule has 1 aromatic carbocycles. The van der Waals surface area contributed by atoms with Crippen molar-refractivity contribution in [1.29, 1.82) is 5.26 Å². The topological polar surface area (TPSA) is 104 Å². The smallest absolute Gasteiger partial charge is 0.237 e. The van der Waals surface area contributed by atoms with Crippen LogP contribution >= 0.6 is 11.6 Å². The molecular weight excluding hydrogens is 402 g/mol. The predicted octanol–water partition coefficient (Wildman–Crippen LogP) is 4.01. The Labute approximate surface area is 179 Å². The highest BCUT2D eigenvalue weighted by atomic mass is 35.5. The van der Waals surface area contributed by atoms with Crippen molar-refractivity contribution in [2.45, 2.75) is 25.2 Å². The number of halogens is 1. The Morgan fingerprint density at radius 1 is 1.33 bits per heavy atom. The number of fused-ring (bicyclic) bond motifs is 1. The monoisotopic (exact) mass is 421 g/mol. The molecule has 0 saturated carbocycles. The zero-order valence-electron chi connectivity index (χ0n) is 16.6. The number of rotatable bonds is 5. The molecular formula is C22H20ClN5O2. The number of aliphatic hydroxyl groups is 1. The van der Waals surface area contributed by atoms with Crippen LogP contribution in [0, 0.1) is 11.3 Å². The van der Waals surface area contributed by atoms with Gasteiger partial charge in [0.2, 0.25) is 11.8 Å². The Hall–Kier alpha value is -3.21. The third-order valence-corrected chi connectivity index (χ3v) is 5.71. The number of nitrogens with one attached hydrogen (secondary N) is 1. The first kappa shape index (κ1) is 20.1. The molecule has 0 radical (unpaired) electrons. The van der Waals surface area contributed by atoms with Crippen LogP contribution in [0.2, 0.25) is 5.02 Å². The lowest BCUT2D eigenvalue weighted by Gasteiger charge is -2.23. The summed E-state index contributed by atoms with van der Waals surface area (Å²) in [6, 6.07) is 9.62. The van der Waals surface area contributed by atoms with Gasteiger partial charge < -0.3 is 15.2 Å². The summed E-state index contributed by atoms with van der Waals surface area (Å²) in [5, 5.41) is 23.1. The summed E-state index contributed by atoms with van der Waals surface area (Å²) in [6.07, 6.45) is 4.73. The van der Waals surface area contributed by atoms with E-state index in [1.165, 1.54) is 13.3 Å². The number of hydrogen-bond donors (Lipinski definition) is 2. The fraction of sp³-hybridized carbons (Fsp3) is 0.273. The summed E-state index contributed by atoms with van der Waals surface area (Å²) >= 11 is 6.05. The lowest BCUT2D eigenvalue weighted by molar-refractivity contribution is 0.206. The molecule has 0 amide bonds. The minimum Gasteiger partial charge on any atom is -0.480 e. The Morgan fingerprint density at radius 3 is 2.90 bits per heavy atom. The highest BCUT2D eigenvalue weighted by Crippen LogP contribution is 2.42. The lowest BCUT2D eigenvalue weighted by Crippen LogP contribution is -2.23. The van der Waals surface area contributed by atoms with Gasteiger partial charge in [0.15, 0.2) is 0 Å². The predicted molar refractivity (Wildman–Crippen MR) is 114 cm³/mol. The second-order valence-electron chi connectivity index (χ2n) is 7.48. The van der Waals surface area contributed by atoms with E-state index in [1.807, 2.05) is 19.1 Å². The molecule has 0 saturated heterocycles. The van der Waals surface area contributed by atoms with Gasteiger partial charge in [-0.1, -0.05) is 18.5 Å². The second kappa shape index (κ2) is 7.90. The van der Waals surface area contributed by atoms with Gasteiger partial charge in [0.05, 0.1) is 36.1 Å². The SMILES string of the molecule is COc1ncc(Cl)cc1Nc1nccc(-c2cc(C#N)c3c(c2)C(C)(CO)CC3)n1. The van der Waals surface area contributed by atoms with Crippen molar-refractivity contribution in [2.75, 3.05) is 19.0 Å². The molecule has 1 aliphatic carbocycles. The molecule has 1 aliphatic rings. The van der Waals surface area contributed by atoms with Crippen molar-refractivity contribution in [1.82, 2.24) is 15.0 Å². The van der Waals surface area contributed by atoms with Crippen LogP contribution in [-0.4, -0.2) is 33.8 Å². The van der Waals surface area contributed by atoms with Crippen LogP contribution in [0.25, 0.3) is 11.3 Å². The number of aliphatic hydroxyl groups excluding tert-OH is 1. The fourth-order valence-corrected chi connectivity index (χ4v) is 3.96. The molecule has 0 bridgehead atoms. The normalized spacial score (nSPS) is 17.3. The molecule has 0 fully saturated rings. The molecule has 7 nitrogen and oxygen atoms in total. The number of methoxy groups -OCH3 is 1. The van der Waals surface area contributed by atoms with Crippen molar-refractivity contribution >= 4 is 23.2 Å². The molecule has 2 N–H and O–H groups in total. The Bertz CT molecular complexity index is 1160. The molecule has 2 aromatic heterocycles. The summed E-state index contributed by atoms with van der Waals surface area (Å²) in [5.74, 6) is 0.718. The zero-order valence-corrected chi connectivity index (χ0v) is 17.4. The number of nitrogens with zero attached hydrogens (tertiary/aromatic N) is 4. The molecule has 3 aromatic rings. The first-order valence-electron chi connectivity index (χ1n) is 9.46. The van der Waals surface area contributed by atoms with Crippen LogP contribution in [0.1, 0.15) is 30.0 Å². The van der Waals surface area contributed by atoms with Crippen molar-refractivity contribution in [3.63, 3.8) is 0 Å². The van der Waals surface area contributed by atoms with E-state index in [1.54, 1.807) is 18.3 Å². The van der Waals surface area contributed by atoms with E-state index in [0.717, 1.165) is 29.5 Å². The zero-order chi connectivity index (χ0) is 21.3. The van der Waals surface area contributed by atoms with Gasteiger partial charge in [0.1, 0.15) is 5.69 Å². The number of pyridine rings is 1. The van der Waals surface area contributed by atoms with Gasteiger partial charge >= 0.3 is 0 Å².